The van der Waals surface area contributed by atoms with Gasteiger partial charge in [-0.25, -0.2) is 4.98 Å². The molecule has 4 N–H and O–H groups in total. The van der Waals surface area contributed by atoms with E-state index >= 15 is 0 Å². The molecule has 3 aliphatic rings. The zero-order valence-electron chi connectivity index (χ0n) is 25.1. The zero-order chi connectivity index (χ0) is 30.4. The van der Waals surface area contributed by atoms with Gasteiger partial charge in [-0.05, 0) is 57.3 Å². The van der Waals surface area contributed by atoms with Gasteiger partial charge in [0.25, 0.3) is 11.8 Å². The fourth-order valence-electron chi connectivity index (χ4n) is 6.10. The molecule has 0 aromatic carbocycles. The van der Waals surface area contributed by atoms with Crippen molar-refractivity contribution in [3.63, 3.8) is 0 Å². The first kappa shape index (κ1) is 31.5. The van der Waals surface area contributed by atoms with Crippen molar-refractivity contribution in [2.75, 3.05) is 13.1 Å². The van der Waals surface area contributed by atoms with Crippen LogP contribution >= 0.6 is 0 Å². The van der Waals surface area contributed by atoms with Crippen LogP contribution in [0.25, 0.3) is 0 Å². The second kappa shape index (κ2) is 14.2. The smallest absolute Gasteiger partial charge is 0.289 e. The summed E-state index contributed by atoms with van der Waals surface area (Å²) in [5.74, 6) is -2.09. The van der Waals surface area contributed by atoms with Gasteiger partial charge in [-0.2, -0.15) is 0 Å². The molecule has 4 amide bonds. The Morgan fingerprint density at radius 1 is 0.976 bits per heavy atom. The van der Waals surface area contributed by atoms with Gasteiger partial charge >= 0.3 is 0 Å². The highest BCUT2D eigenvalue weighted by Gasteiger charge is 2.45. The van der Waals surface area contributed by atoms with Gasteiger partial charge < -0.3 is 21.3 Å². The topological polar surface area (TPSA) is 162 Å². The molecule has 6 atom stereocenters. The number of carbonyl (C=O) groups is 5. The van der Waals surface area contributed by atoms with Gasteiger partial charge in [0.2, 0.25) is 17.6 Å². The lowest BCUT2D eigenvalue weighted by Gasteiger charge is -2.36. The van der Waals surface area contributed by atoms with Crippen molar-refractivity contribution in [1.29, 1.82) is 0 Å². The molecule has 2 aliphatic carbocycles. The third kappa shape index (κ3) is 7.90. The monoisotopic (exact) mass is 583 g/mol. The molecule has 2 saturated carbocycles. The number of Topliss-reactive ketones (excluding diaryl/α,β-unsaturated/α-hetero) is 1. The lowest BCUT2D eigenvalue weighted by molar-refractivity contribution is -0.138. The van der Waals surface area contributed by atoms with E-state index in [1.165, 1.54) is 18.6 Å². The molecule has 0 bridgehead atoms. The van der Waals surface area contributed by atoms with Crippen LogP contribution in [0.2, 0.25) is 0 Å². The van der Waals surface area contributed by atoms with E-state index in [9.17, 15) is 24.0 Å². The second-order valence-corrected chi connectivity index (χ2v) is 12.3. The minimum atomic E-state index is -0.710. The van der Waals surface area contributed by atoms with Crippen molar-refractivity contribution in [2.24, 2.45) is 17.8 Å². The van der Waals surface area contributed by atoms with Crippen molar-refractivity contribution in [2.45, 2.75) is 103 Å². The second-order valence-electron chi connectivity index (χ2n) is 12.3. The molecule has 2 heterocycles. The van der Waals surface area contributed by atoms with Crippen LogP contribution in [0.15, 0.2) is 18.6 Å². The summed E-state index contributed by atoms with van der Waals surface area (Å²) in [5, 5.41) is 11.4. The van der Waals surface area contributed by atoms with Gasteiger partial charge in [0.05, 0.1) is 18.8 Å². The number of nitrogens with one attached hydrogen (secondary N) is 4. The number of nitrogens with zero attached hydrogens (tertiary/aromatic N) is 3. The highest BCUT2D eigenvalue weighted by atomic mass is 16.2. The minimum absolute atomic E-state index is 0.00648. The average Bonchev–Trinajstić information content (AvgIpc) is 3.76. The third-order valence-electron chi connectivity index (χ3n) is 9.21. The van der Waals surface area contributed by atoms with Gasteiger partial charge in [-0.15, -0.1) is 0 Å². The van der Waals surface area contributed by atoms with E-state index in [1.54, 1.807) is 0 Å². The Morgan fingerprint density at radius 3 is 2.33 bits per heavy atom. The highest BCUT2D eigenvalue weighted by molar-refractivity contribution is 6.37. The van der Waals surface area contributed by atoms with Crippen molar-refractivity contribution < 1.29 is 24.0 Å². The molecular formula is C30H45N7O5. The van der Waals surface area contributed by atoms with Crippen LogP contribution in [0, 0.1) is 17.8 Å². The predicted molar refractivity (Wildman–Crippen MR) is 155 cm³/mol. The summed E-state index contributed by atoms with van der Waals surface area (Å²) in [5.41, 5.74) is 0.157. The van der Waals surface area contributed by atoms with Crippen LogP contribution in [0.4, 0.5) is 0 Å². The van der Waals surface area contributed by atoms with Gasteiger partial charge in [0.1, 0.15) is 11.7 Å². The molecule has 12 heteroatoms. The lowest BCUT2D eigenvalue weighted by atomic mass is 9.83. The lowest BCUT2D eigenvalue weighted by Crippen LogP contribution is -2.59. The van der Waals surface area contributed by atoms with Crippen LogP contribution in [-0.4, -0.2) is 87.6 Å². The van der Waals surface area contributed by atoms with E-state index in [-0.39, 0.29) is 59.9 Å². The van der Waals surface area contributed by atoms with Gasteiger partial charge in [-0.3, -0.25) is 33.9 Å². The maximum absolute atomic E-state index is 13.7. The molecule has 3 fully saturated rings. The maximum Gasteiger partial charge on any atom is 0.289 e. The quantitative estimate of drug-likeness (QED) is 0.265. The van der Waals surface area contributed by atoms with E-state index < -0.39 is 29.7 Å². The third-order valence-corrected chi connectivity index (χ3v) is 9.21. The van der Waals surface area contributed by atoms with Crippen molar-refractivity contribution >= 4 is 29.4 Å². The summed E-state index contributed by atoms with van der Waals surface area (Å²) in [7, 11) is 0. The van der Waals surface area contributed by atoms with Crippen LogP contribution in [0.5, 0.6) is 0 Å². The fourth-order valence-corrected chi connectivity index (χ4v) is 6.10. The summed E-state index contributed by atoms with van der Waals surface area (Å²) in [6.45, 7) is 8.26. The largest absolute Gasteiger partial charge is 0.350 e. The molecule has 230 valence electrons. The van der Waals surface area contributed by atoms with Crippen molar-refractivity contribution in [3.05, 3.63) is 24.3 Å². The highest BCUT2D eigenvalue weighted by Crippen LogP contribution is 2.32. The first-order chi connectivity index (χ1) is 20.1. The van der Waals surface area contributed by atoms with E-state index in [1.807, 2.05) is 20.8 Å². The van der Waals surface area contributed by atoms with E-state index in [2.05, 4.69) is 43.1 Å². The Hall–Kier alpha value is -3.41. The summed E-state index contributed by atoms with van der Waals surface area (Å²) in [4.78, 5) is 74.3. The van der Waals surface area contributed by atoms with E-state index in [0.717, 1.165) is 44.9 Å². The van der Waals surface area contributed by atoms with Crippen LogP contribution in [0.3, 0.4) is 0 Å². The normalized spacial score (nSPS) is 25.1. The van der Waals surface area contributed by atoms with Crippen LogP contribution in [-0.2, 0) is 19.2 Å². The molecule has 2 unspecified atom stereocenters. The number of hydrogen-bond acceptors (Lipinski definition) is 8. The molecular weight excluding hydrogens is 538 g/mol. The fraction of sp³-hybridized carbons (Fsp3) is 0.700. The van der Waals surface area contributed by atoms with Crippen LogP contribution in [0.1, 0.15) is 83.1 Å². The van der Waals surface area contributed by atoms with Gasteiger partial charge in [0, 0.05) is 37.1 Å². The zero-order valence-corrected chi connectivity index (χ0v) is 25.1. The summed E-state index contributed by atoms with van der Waals surface area (Å²) < 4.78 is 0. The predicted octanol–water partition coefficient (Wildman–Crippen LogP) is 0.969. The van der Waals surface area contributed by atoms with Crippen molar-refractivity contribution in [1.82, 2.24) is 36.1 Å². The molecule has 1 aliphatic heterocycles. The van der Waals surface area contributed by atoms with Gasteiger partial charge in [-0.1, -0.05) is 33.1 Å². The molecule has 1 aromatic rings. The first-order valence-corrected chi connectivity index (χ1v) is 15.3. The number of aromatic nitrogens is 2. The molecule has 0 spiro atoms. The number of likely N-dealkylation sites (tertiary alicyclic amines) is 1. The SMILES string of the molecule is CC1CN(C(C)[C@H](C)NC(=O)[C@@H](NC(=O)c2cnccn2)C2CCCCC2)[C@H](C(=O)NCC(=O)C(=O)NC2CC2)[C@H]1C. The first-order valence-electron chi connectivity index (χ1n) is 15.3. The number of ketones is 1. The van der Waals surface area contributed by atoms with E-state index in [4.69, 9.17) is 0 Å². The Morgan fingerprint density at radius 2 is 1.69 bits per heavy atom. The summed E-state index contributed by atoms with van der Waals surface area (Å²) >= 11 is 0. The number of carbonyl (C=O) groups excluding carboxylic acids is 5. The molecule has 42 heavy (non-hydrogen) atoms. The Balaban J connectivity index is 1.39. The van der Waals surface area contributed by atoms with Crippen LogP contribution < -0.4 is 21.3 Å². The number of hydrogen-bond donors (Lipinski definition) is 4. The number of amides is 4. The Bertz CT molecular complexity index is 1140. The molecule has 1 aromatic heterocycles. The summed E-state index contributed by atoms with van der Waals surface area (Å²) in [6.07, 6.45) is 10.9. The molecule has 1 saturated heterocycles. The molecule has 4 rings (SSSR count). The van der Waals surface area contributed by atoms with E-state index in [0.29, 0.717) is 6.54 Å². The Labute approximate surface area is 247 Å². The van der Waals surface area contributed by atoms with Crippen molar-refractivity contribution in [3.8, 4) is 0 Å². The standard InChI is InChI=1S/C30H45N7O5/c1-17-16-37(26(18(17)2)30(42)33-15-24(38)28(40)35-22-10-11-22)20(4)19(3)34-29(41)25(21-8-6-5-7-9-21)36-27(39)23-14-31-12-13-32-23/h12-14,17-22,25-26H,5-11,15-16H2,1-4H3,(H,33,42)(H,34,41)(H,35,40)(H,36,39)/t17?,18-,19-,20?,25-,26-/m0/s1. The number of rotatable bonds is 12. The van der Waals surface area contributed by atoms with Gasteiger partial charge in [0.15, 0.2) is 0 Å². The average molecular weight is 584 g/mol. The Kier molecular flexibility index (Phi) is 10.6. The maximum atomic E-state index is 13.7. The minimum Gasteiger partial charge on any atom is -0.350 e. The summed E-state index contributed by atoms with van der Waals surface area (Å²) in [6, 6.07) is -1.71. The molecule has 0 radical (unpaired) electrons. The molecule has 12 nitrogen and oxygen atoms in total.